The third kappa shape index (κ3) is 1.39. The molecule has 1 aliphatic rings. The van der Waals surface area contributed by atoms with E-state index in [0.29, 0.717) is 5.56 Å². The maximum atomic E-state index is 9.03. The zero-order chi connectivity index (χ0) is 12.9. The first kappa shape index (κ1) is 11.3. The lowest BCUT2D eigenvalue weighted by atomic mass is 9.82. The summed E-state index contributed by atoms with van der Waals surface area (Å²) in [5.41, 5.74) is 5.50. The van der Waals surface area contributed by atoms with Gasteiger partial charge in [-0.3, -0.25) is 0 Å². The van der Waals surface area contributed by atoms with E-state index < -0.39 is 0 Å². The summed E-state index contributed by atoms with van der Waals surface area (Å²) in [6.45, 7) is 4.35. The van der Waals surface area contributed by atoms with Crippen LogP contribution in [0, 0.1) is 11.3 Å². The molecule has 88 valence electrons. The number of halogens is 1. The monoisotopic (exact) mass is 253 g/mol. The molecule has 2 aromatic rings. The summed E-state index contributed by atoms with van der Waals surface area (Å²) >= 11 is 6.10. The van der Waals surface area contributed by atoms with Gasteiger partial charge in [0.15, 0.2) is 0 Å². The van der Waals surface area contributed by atoms with Crippen LogP contribution in [-0.2, 0) is 5.41 Å². The molecule has 0 aromatic heterocycles. The highest BCUT2D eigenvalue weighted by atomic mass is 35.5. The highest BCUT2D eigenvalue weighted by Gasteiger charge is 2.35. The van der Waals surface area contributed by atoms with Gasteiger partial charge in [-0.2, -0.15) is 5.26 Å². The van der Waals surface area contributed by atoms with Crippen molar-refractivity contribution < 1.29 is 0 Å². The van der Waals surface area contributed by atoms with Gasteiger partial charge < -0.3 is 0 Å². The molecule has 0 spiro atoms. The molecule has 0 saturated carbocycles. The summed E-state index contributed by atoms with van der Waals surface area (Å²) in [7, 11) is 0. The molecule has 18 heavy (non-hydrogen) atoms. The van der Waals surface area contributed by atoms with Crippen molar-refractivity contribution in [3.05, 3.63) is 58.1 Å². The summed E-state index contributed by atoms with van der Waals surface area (Å²) in [4.78, 5) is 0. The van der Waals surface area contributed by atoms with Gasteiger partial charge in [-0.25, -0.2) is 0 Å². The Morgan fingerprint density at radius 2 is 1.61 bits per heavy atom. The highest BCUT2D eigenvalue weighted by Crippen LogP contribution is 2.49. The van der Waals surface area contributed by atoms with Crippen LogP contribution in [0.2, 0.25) is 5.02 Å². The Morgan fingerprint density at radius 3 is 2.28 bits per heavy atom. The van der Waals surface area contributed by atoms with Gasteiger partial charge in [-0.15, -0.1) is 0 Å². The van der Waals surface area contributed by atoms with Crippen molar-refractivity contribution in [2.45, 2.75) is 19.3 Å². The largest absolute Gasteiger partial charge is 0.192 e. The van der Waals surface area contributed by atoms with Crippen LogP contribution in [0.4, 0.5) is 0 Å². The molecule has 0 fully saturated rings. The van der Waals surface area contributed by atoms with Crippen LogP contribution in [-0.4, -0.2) is 0 Å². The van der Waals surface area contributed by atoms with Gasteiger partial charge in [0.25, 0.3) is 0 Å². The predicted molar refractivity (Wildman–Crippen MR) is 73.7 cm³/mol. The second-order valence-corrected chi connectivity index (χ2v) is 5.62. The quantitative estimate of drug-likeness (QED) is 0.677. The van der Waals surface area contributed by atoms with E-state index in [1.54, 1.807) is 0 Å². The van der Waals surface area contributed by atoms with E-state index in [1.165, 1.54) is 22.3 Å². The maximum absolute atomic E-state index is 9.03. The van der Waals surface area contributed by atoms with E-state index in [2.05, 4.69) is 26.0 Å². The second-order valence-electron chi connectivity index (χ2n) is 5.19. The molecule has 0 heterocycles. The van der Waals surface area contributed by atoms with Crippen LogP contribution in [0.3, 0.4) is 0 Å². The normalized spacial score (nSPS) is 14.8. The summed E-state index contributed by atoms with van der Waals surface area (Å²) in [6.07, 6.45) is 0. The van der Waals surface area contributed by atoms with Crippen molar-refractivity contribution in [2.75, 3.05) is 0 Å². The van der Waals surface area contributed by atoms with Crippen LogP contribution in [0.15, 0.2) is 36.4 Å². The average Bonchev–Trinajstić information content (AvgIpc) is 2.58. The number of hydrogen-bond donors (Lipinski definition) is 0. The average molecular weight is 254 g/mol. The molecule has 0 bridgehead atoms. The number of nitrogens with zero attached hydrogens (tertiary/aromatic N) is 1. The molecule has 0 radical (unpaired) electrons. The van der Waals surface area contributed by atoms with E-state index in [9.17, 15) is 0 Å². The molecule has 1 nitrogen and oxygen atoms in total. The SMILES string of the molecule is CC1(C)c2cc(Cl)ccc2-c2ccc(C#N)cc21. The molecule has 0 unspecified atom stereocenters. The Labute approximate surface area is 112 Å². The van der Waals surface area contributed by atoms with Crippen molar-refractivity contribution in [1.82, 2.24) is 0 Å². The third-order valence-corrected chi connectivity index (χ3v) is 4.00. The van der Waals surface area contributed by atoms with Crippen molar-refractivity contribution in [3.63, 3.8) is 0 Å². The predicted octanol–water partition coefficient (Wildman–Crippen LogP) is 4.52. The van der Waals surface area contributed by atoms with Crippen LogP contribution < -0.4 is 0 Å². The molecule has 2 heteroatoms. The summed E-state index contributed by atoms with van der Waals surface area (Å²) < 4.78 is 0. The molecule has 0 amide bonds. The Morgan fingerprint density at radius 1 is 1.00 bits per heavy atom. The number of rotatable bonds is 0. The summed E-state index contributed by atoms with van der Waals surface area (Å²) in [6, 6.07) is 14.1. The molecule has 0 saturated heterocycles. The van der Waals surface area contributed by atoms with Crippen molar-refractivity contribution >= 4 is 11.6 Å². The Kier molecular flexibility index (Phi) is 2.27. The van der Waals surface area contributed by atoms with Gasteiger partial charge >= 0.3 is 0 Å². The minimum absolute atomic E-state index is 0.0948. The minimum Gasteiger partial charge on any atom is -0.192 e. The van der Waals surface area contributed by atoms with E-state index >= 15 is 0 Å². The van der Waals surface area contributed by atoms with Crippen molar-refractivity contribution in [3.8, 4) is 17.2 Å². The Hall–Kier alpha value is -1.78. The van der Waals surface area contributed by atoms with E-state index in [0.717, 1.165) is 5.02 Å². The number of benzene rings is 2. The fourth-order valence-electron chi connectivity index (χ4n) is 2.78. The fourth-order valence-corrected chi connectivity index (χ4v) is 2.95. The maximum Gasteiger partial charge on any atom is 0.0991 e. The number of hydrogen-bond acceptors (Lipinski definition) is 1. The minimum atomic E-state index is -0.0948. The third-order valence-electron chi connectivity index (χ3n) is 3.77. The van der Waals surface area contributed by atoms with Crippen LogP contribution >= 0.6 is 11.6 Å². The first-order valence-electron chi connectivity index (χ1n) is 5.89. The van der Waals surface area contributed by atoms with Gasteiger partial charge in [-0.1, -0.05) is 37.6 Å². The first-order valence-corrected chi connectivity index (χ1v) is 6.27. The van der Waals surface area contributed by atoms with Gasteiger partial charge in [0.1, 0.15) is 0 Å². The fraction of sp³-hybridized carbons (Fsp3) is 0.188. The second kappa shape index (κ2) is 3.60. The molecular formula is C16H12ClN. The zero-order valence-corrected chi connectivity index (χ0v) is 11.0. The van der Waals surface area contributed by atoms with Gasteiger partial charge in [-0.05, 0) is 46.5 Å². The van der Waals surface area contributed by atoms with Gasteiger partial charge in [0.2, 0.25) is 0 Å². The number of fused-ring (bicyclic) bond motifs is 3. The Bertz CT molecular complexity index is 693. The summed E-state index contributed by atoms with van der Waals surface area (Å²) in [5.74, 6) is 0. The highest BCUT2D eigenvalue weighted by molar-refractivity contribution is 6.30. The lowest BCUT2D eigenvalue weighted by Gasteiger charge is -2.21. The molecule has 2 aromatic carbocycles. The smallest absolute Gasteiger partial charge is 0.0991 e. The lowest BCUT2D eigenvalue weighted by Crippen LogP contribution is -2.15. The first-order chi connectivity index (χ1) is 8.54. The van der Waals surface area contributed by atoms with Crippen LogP contribution in [0.1, 0.15) is 30.5 Å². The number of nitriles is 1. The molecular weight excluding hydrogens is 242 g/mol. The van der Waals surface area contributed by atoms with E-state index in [-0.39, 0.29) is 5.41 Å². The summed E-state index contributed by atoms with van der Waals surface area (Å²) in [5, 5.41) is 9.79. The molecule has 1 aliphatic carbocycles. The van der Waals surface area contributed by atoms with Crippen LogP contribution in [0.5, 0.6) is 0 Å². The van der Waals surface area contributed by atoms with Crippen LogP contribution in [0.25, 0.3) is 11.1 Å². The van der Waals surface area contributed by atoms with E-state index in [4.69, 9.17) is 16.9 Å². The standard InChI is InChI=1S/C16H12ClN/c1-16(2)14-7-10(9-18)3-5-12(14)13-6-4-11(17)8-15(13)16/h3-8H,1-2H3. The van der Waals surface area contributed by atoms with Crippen molar-refractivity contribution in [1.29, 1.82) is 5.26 Å². The topological polar surface area (TPSA) is 23.8 Å². The van der Waals surface area contributed by atoms with Gasteiger partial charge in [0.05, 0.1) is 11.6 Å². The molecule has 0 aliphatic heterocycles. The lowest BCUT2D eigenvalue weighted by molar-refractivity contribution is 0.660. The zero-order valence-electron chi connectivity index (χ0n) is 10.3. The Balaban J connectivity index is 2.35. The van der Waals surface area contributed by atoms with Gasteiger partial charge in [0, 0.05) is 10.4 Å². The molecule has 3 rings (SSSR count). The van der Waals surface area contributed by atoms with Crippen molar-refractivity contribution in [2.24, 2.45) is 0 Å². The molecule has 0 atom stereocenters. The molecule has 0 N–H and O–H groups in total. The van der Waals surface area contributed by atoms with E-state index in [1.807, 2.05) is 30.3 Å².